The summed E-state index contributed by atoms with van der Waals surface area (Å²) in [6.45, 7) is 7.49. The minimum atomic E-state index is -2.68. The second-order valence-electron chi connectivity index (χ2n) is 11.1. The predicted octanol–water partition coefficient (Wildman–Crippen LogP) is 6.84. The number of nitrogens with one attached hydrogen (secondary N) is 1. The zero-order valence-electron chi connectivity index (χ0n) is 24.0. The van der Waals surface area contributed by atoms with Gasteiger partial charge in [-0.3, -0.25) is 4.79 Å². The lowest BCUT2D eigenvalue weighted by Gasteiger charge is -2.35. The van der Waals surface area contributed by atoms with Crippen molar-refractivity contribution in [3.8, 4) is 17.2 Å². The van der Waals surface area contributed by atoms with Crippen molar-refractivity contribution in [1.29, 1.82) is 0 Å². The second kappa shape index (κ2) is 12.1. The van der Waals surface area contributed by atoms with Crippen LogP contribution in [0.3, 0.4) is 0 Å². The molecule has 2 aliphatic heterocycles. The largest absolute Gasteiger partial charge is 0.490 e. The maximum Gasteiger partial charge on any atom is 0.267 e. The molecule has 42 heavy (non-hydrogen) atoms. The fourth-order valence-corrected chi connectivity index (χ4v) is 6.13. The molecule has 220 valence electrons. The molecule has 9 heteroatoms. The average molecular weight is 575 g/mol. The van der Waals surface area contributed by atoms with E-state index in [1.54, 1.807) is 18.3 Å². The number of pyridine rings is 1. The topological polar surface area (TPSA) is 70.7 Å². The third kappa shape index (κ3) is 5.83. The molecule has 1 amide bonds. The molecule has 0 aliphatic carbocycles. The van der Waals surface area contributed by atoms with Gasteiger partial charge in [0.25, 0.3) is 6.43 Å². The Hall–Kier alpha value is -3.98. The van der Waals surface area contributed by atoms with Gasteiger partial charge in [0, 0.05) is 32.0 Å². The molecule has 1 saturated heterocycles. The van der Waals surface area contributed by atoms with Crippen molar-refractivity contribution in [1.82, 2.24) is 19.8 Å². The Labute approximate surface area is 244 Å². The number of aromatic amines is 1. The van der Waals surface area contributed by atoms with Crippen LogP contribution in [0.4, 0.5) is 8.78 Å². The van der Waals surface area contributed by atoms with Gasteiger partial charge in [-0.1, -0.05) is 19.1 Å². The van der Waals surface area contributed by atoms with Crippen LogP contribution in [0.2, 0.25) is 0 Å². The van der Waals surface area contributed by atoms with Gasteiger partial charge in [-0.25, -0.2) is 13.8 Å². The smallest absolute Gasteiger partial charge is 0.267 e. The molecule has 2 aromatic heterocycles. The first-order valence-corrected chi connectivity index (χ1v) is 14.7. The Balaban J connectivity index is 1.14. The number of carbonyl (C=O) groups is 1. The first kappa shape index (κ1) is 28.2. The predicted molar refractivity (Wildman–Crippen MR) is 157 cm³/mol. The number of amides is 1. The summed E-state index contributed by atoms with van der Waals surface area (Å²) in [7, 11) is 0. The Kier molecular flexibility index (Phi) is 8.11. The highest BCUT2D eigenvalue weighted by atomic mass is 19.3. The van der Waals surface area contributed by atoms with E-state index in [1.165, 1.54) is 11.6 Å². The molecule has 2 aromatic carbocycles. The SMILES string of the molecule is CCN1CCC(Oc2ccc(CC(=O)N3CCc4ccc(Oc5ccnc6[nH]ccc56)cc4[C@@H]3C)cc2C(F)F)CC1. The van der Waals surface area contributed by atoms with Crippen LogP contribution in [0.1, 0.15) is 61.4 Å². The van der Waals surface area contributed by atoms with Crippen molar-refractivity contribution >= 4 is 16.9 Å². The first-order chi connectivity index (χ1) is 20.4. The molecule has 2 aliphatic rings. The molecular formula is C33H36F2N4O3. The van der Waals surface area contributed by atoms with Gasteiger partial charge in [-0.15, -0.1) is 0 Å². The number of hydrogen-bond donors (Lipinski definition) is 1. The third-order valence-corrected chi connectivity index (χ3v) is 8.57. The summed E-state index contributed by atoms with van der Waals surface area (Å²) in [5.74, 6) is 1.51. The van der Waals surface area contributed by atoms with E-state index in [9.17, 15) is 13.6 Å². The average Bonchev–Trinajstić information content (AvgIpc) is 3.49. The fourth-order valence-electron chi connectivity index (χ4n) is 6.13. The number of likely N-dealkylation sites (tertiary alicyclic amines) is 1. The molecule has 0 saturated carbocycles. The van der Waals surface area contributed by atoms with Gasteiger partial charge in [-0.2, -0.15) is 0 Å². The van der Waals surface area contributed by atoms with Gasteiger partial charge in [0.05, 0.1) is 23.4 Å². The van der Waals surface area contributed by atoms with Crippen LogP contribution in [-0.4, -0.2) is 58.0 Å². The number of rotatable bonds is 8. The summed E-state index contributed by atoms with van der Waals surface area (Å²) in [6, 6.07) is 14.3. The van der Waals surface area contributed by atoms with Crippen molar-refractivity contribution < 1.29 is 23.0 Å². The molecule has 1 atom stereocenters. The number of aromatic nitrogens is 2. The van der Waals surface area contributed by atoms with Gasteiger partial charge in [0.2, 0.25) is 5.91 Å². The zero-order valence-corrected chi connectivity index (χ0v) is 24.0. The number of benzene rings is 2. The number of hydrogen-bond acceptors (Lipinski definition) is 5. The number of halogens is 2. The lowest BCUT2D eigenvalue weighted by molar-refractivity contribution is -0.133. The quantitative estimate of drug-likeness (QED) is 0.249. The number of fused-ring (bicyclic) bond motifs is 2. The highest BCUT2D eigenvalue weighted by molar-refractivity contribution is 5.82. The first-order valence-electron chi connectivity index (χ1n) is 14.7. The second-order valence-corrected chi connectivity index (χ2v) is 11.1. The Morgan fingerprint density at radius 2 is 1.90 bits per heavy atom. The van der Waals surface area contributed by atoms with Gasteiger partial charge in [0.1, 0.15) is 29.0 Å². The summed E-state index contributed by atoms with van der Waals surface area (Å²) >= 11 is 0. The minimum absolute atomic E-state index is 0.0488. The van der Waals surface area contributed by atoms with E-state index in [1.807, 2.05) is 42.3 Å². The van der Waals surface area contributed by atoms with E-state index < -0.39 is 6.43 Å². The standard InChI is InChI=1S/C33H36F2N4O3/c1-3-38-15-11-24(12-16-38)41-29-7-4-22(18-28(29)32(34)35)19-31(40)39-17-10-23-5-6-25(20-27(23)21(39)2)42-30-9-14-37-33-26(30)8-13-36-33/h4-9,13-14,18,20-21,24,32H,3,10-12,15-17,19H2,1-2H3,(H,36,37)/t21-/m0/s1. The van der Waals surface area contributed by atoms with Crippen LogP contribution in [-0.2, 0) is 17.6 Å². The molecule has 1 fully saturated rings. The van der Waals surface area contributed by atoms with Crippen molar-refractivity contribution in [3.63, 3.8) is 0 Å². The Bertz CT molecular complexity index is 1560. The highest BCUT2D eigenvalue weighted by Gasteiger charge is 2.29. The third-order valence-electron chi connectivity index (χ3n) is 8.57. The molecule has 4 heterocycles. The fraction of sp³-hybridized carbons (Fsp3) is 0.394. The number of H-pyrrole nitrogens is 1. The molecule has 0 bridgehead atoms. The van der Waals surface area contributed by atoms with Gasteiger partial charge in [-0.05, 0) is 85.8 Å². The molecule has 0 radical (unpaired) electrons. The van der Waals surface area contributed by atoms with E-state index >= 15 is 0 Å². The van der Waals surface area contributed by atoms with Gasteiger partial charge in [0.15, 0.2) is 0 Å². The zero-order chi connectivity index (χ0) is 29.2. The van der Waals surface area contributed by atoms with E-state index in [4.69, 9.17) is 9.47 Å². The number of carbonyl (C=O) groups excluding carboxylic acids is 1. The van der Waals surface area contributed by atoms with Crippen LogP contribution >= 0.6 is 0 Å². The molecule has 0 spiro atoms. The van der Waals surface area contributed by atoms with Crippen LogP contribution in [0.25, 0.3) is 11.0 Å². The number of nitrogens with zero attached hydrogens (tertiary/aromatic N) is 3. The minimum Gasteiger partial charge on any atom is -0.490 e. The number of ether oxygens (including phenoxy) is 2. The van der Waals surface area contributed by atoms with Crippen molar-refractivity contribution in [3.05, 3.63) is 83.2 Å². The maximum absolute atomic E-state index is 14.1. The lowest BCUT2D eigenvalue weighted by Crippen LogP contribution is -2.39. The molecule has 0 unspecified atom stereocenters. The maximum atomic E-state index is 14.1. The molecule has 6 rings (SSSR count). The van der Waals surface area contributed by atoms with Crippen molar-refractivity contribution in [2.24, 2.45) is 0 Å². The van der Waals surface area contributed by atoms with E-state index in [0.717, 1.165) is 55.5 Å². The summed E-state index contributed by atoms with van der Waals surface area (Å²) < 4.78 is 40.4. The molecule has 1 N–H and O–H groups in total. The number of piperidine rings is 1. The molecular weight excluding hydrogens is 538 g/mol. The highest BCUT2D eigenvalue weighted by Crippen LogP contribution is 2.36. The van der Waals surface area contributed by atoms with Crippen molar-refractivity contribution in [2.75, 3.05) is 26.2 Å². The van der Waals surface area contributed by atoms with Crippen LogP contribution < -0.4 is 9.47 Å². The lowest BCUT2D eigenvalue weighted by atomic mass is 9.92. The van der Waals surface area contributed by atoms with Crippen molar-refractivity contribution in [2.45, 2.75) is 58.1 Å². The van der Waals surface area contributed by atoms with Gasteiger partial charge >= 0.3 is 0 Å². The summed E-state index contributed by atoms with van der Waals surface area (Å²) in [5, 5.41) is 0.890. The van der Waals surface area contributed by atoms with E-state index in [2.05, 4.69) is 27.9 Å². The Morgan fingerprint density at radius 1 is 1.07 bits per heavy atom. The molecule has 7 nitrogen and oxygen atoms in total. The van der Waals surface area contributed by atoms with E-state index in [0.29, 0.717) is 23.6 Å². The molecule has 4 aromatic rings. The van der Waals surface area contributed by atoms with E-state index in [-0.39, 0.29) is 35.8 Å². The Morgan fingerprint density at radius 3 is 2.69 bits per heavy atom. The summed E-state index contributed by atoms with van der Waals surface area (Å²) in [4.78, 5) is 25.0. The van der Waals surface area contributed by atoms with Gasteiger partial charge < -0.3 is 24.3 Å². The summed E-state index contributed by atoms with van der Waals surface area (Å²) in [6.07, 6.45) is 3.16. The number of alkyl halides is 2. The normalized spacial score (nSPS) is 17.9. The summed E-state index contributed by atoms with van der Waals surface area (Å²) in [5.41, 5.74) is 3.36. The van der Waals surface area contributed by atoms with Crippen LogP contribution in [0, 0.1) is 0 Å². The van der Waals surface area contributed by atoms with Crippen LogP contribution in [0.15, 0.2) is 60.9 Å². The van der Waals surface area contributed by atoms with Crippen LogP contribution in [0.5, 0.6) is 17.2 Å². The monoisotopic (exact) mass is 574 g/mol.